The second kappa shape index (κ2) is 7.26. The summed E-state index contributed by atoms with van der Waals surface area (Å²) in [6.45, 7) is 3.47. The molecule has 6 heteroatoms. The lowest BCUT2D eigenvalue weighted by atomic mass is 10.1. The van der Waals surface area contributed by atoms with E-state index in [9.17, 15) is 9.59 Å². The molecule has 1 aliphatic heterocycles. The maximum absolute atomic E-state index is 12.3. The number of aromatic carboxylic acids is 1. The van der Waals surface area contributed by atoms with E-state index in [2.05, 4.69) is 0 Å². The summed E-state index contributed by atoms with van der Waals surface area (Å²) in [7, 11) is 1.65. The van der Waals surface area contributed by atoms with Gasteiger partial charge in [-0.1, -0.05) is 6.07 Å². The van der Waals surface area contributed by atoms with Crippen LogP contribution in [0.3, 0.4) is 0 Å². The summed E-state index contributed by atoms with van der Waals surface area (Å²) in [5.74, 6) is -0.717. The number of likely N-dealkylation sites (tertiary alicyclic amines) is 1. The molecule has 1 aromatic rings. The van der Waals surface area contributed by atoms with E-state index in [1.807, 2.05) is 0 Å². The van der Waals surface area contributed by atoms with Gasteiger partial charge in [-0.15, -0.1) is 0 Å². The first-order chi connectivity index (χ1) is 10.5. The number of carbonyl (C=O) groups is 2. The van der Waals surface area contributed by atoms with Crippen molar-refractivity contribution in [3.63, 3.8) is 0 Å². The summed E-state index contributed by atoms with van der Waals surface area (Å²) in [5.41, 5.74) is 0.859. The van der Waals surface area contributed by atoms with Crippen molar-refractivity contribution in [1.29, 1.82) is 0 Å². The van der Waals surface area contributed by atoms with Crippen LogP contribution < -0.4 is 4.74 Å². The topological polar surface area (TPSA) is 76.1 Å². The van der Waals surface area contributed by atoms with Gasteiger partial charge in [0.15, 0.2) is 0 Å². The molecule has 1 aromatic carbocycles. The zero-order valence-electron chi connectivity index (χ0n) is 12.9. The third-order valence-electron chi connectivity index (χ3n) is 3.76. The lowest BCUT2D eigenvalue weighted by Gasteiger charge is -2.16. The molecule has 120 valence electrons. The molecular weight excluding hydrogens is 286 g/mol. The predicted octanol–water partition coefficient (Wildman–Crippen LogP) is 1.57. The Hall–Kier alpha value is -2.08. The normalized spacial score (nSPS) is 17.5. The fraction of sp³-hybridized carbons (Fsp3) is 0.500. The first-order valence-corrected chi connectivity index (χ1v) is 7.34. The quantitative estimate of drug-likeness (QED) is 0.863. The van der Waals surface area contributed by atoms with Gasteiger partial charge in [0.1, 0.15) is 11.3 Å². The molecule has 1 aliphatic rings. The highest BCUT2D eigenvalue weighted by atomic mass is 16.5. The lowest BCUT2D eigenvalue weighted by molar-refractivity contribution is -0.129. The van der Waals surface area contributed by atoms with E-state index in [1.54, 1.807) is 31.1 Å². The number of amides is 1. The molecule has 0 spiro atoms. The molecule has 0 aliphatic carbocycles. The molecule has 0 aromatic heterocycles. The SMILES string of the molecule is CCOc1cc(CC(=O)N2CCC(OC)C2)ccc1C(=O)O. The molecule has 0 saturated carbocycles. The Bertz CT molecular complexity index is 557. The van der Waals surface area contributed by atoms with Gasteiger partial charge >= 0.3 is 5.97 Å². The number of hydrogen-bond acceptors (Lipinski definition) is 4. The fourth-order valence-corrected chi connectivity index (χ4v) is 2.56. The lowest BCUT2D eigenvalue weighted by Crippen LogP contribution is -2.31. The molecule has 1 unspecified atom stereocenters. The Balaban J connectivity index is 2.08. The van der Waals surface area contributed by atoms with Gasteiger partial charge in [-0.05, 0) is 31.0 Å². The van der Waals surface area contributed by atoms with Crippen LogP contribution in [0.2, 0.25) is 0 Å². The van der Waals surface area contributed by atoms with E-state index in [0.717, 1.165) is 12.0 Å². The van der Waals surface area contributed by atoms with Crippen molar-refractivity contribution in [2.45, 2.75) is 25.9 Å². The molecule has 1 amide bonds. The van der Waals surface area contributed by atoms with Gasteiger partial charge in [0, 0.05) is 20.2 Å². The Labute approximate surface area is 129 Å². The molecule has 1 heterocycles. The van der Waals surface area contributed by atoms with E-state index < -0.39 is 5.97 Å². The van der Waals surface area contributed by atoms with Crippen LogP contribution in [0.15, 0.2) is 18.2 Å². The maximum atomic E-state index is 12.3. The van der Waals surface area contributed by atoms with Crippen LogP contribution in [0.25, 0.3) is 0 Å². The average molecular weight is 307 g/mol. The molecule has 0 bridgehead atoms. The van der Waals surface area contributed by atoms with Crippen molar-refractivity contribution in [3.8, 4) is 5.75 Å². The van der Waals surface area contributed by atoms with E-state index in [-0.39, 0.29) is 24.0 Å². The zero-order chi connectivity index (χ0) is 16.1. The number of hydrogen-bond donors (Lipinski definition) is 1. The van der Waals surface area contributed by atoms with E-state index in [0.29, 0.717) is 25.4 Å². The van der Waals surface area contributed by atoms with Gasteiger partial charge < -0.3 is 19.5 Å². The van der Waals surface area contributed by atoms with Gasteiger partial charge in [0.25, 0.3) is 0 Å². The maximum Gasteiger partial charge on any atom is 0.339 e. The van der Waals surface area contributed by atoms with Crippen molar-refractivity contribution in [1.82, 2.24) is 4.90 Å². The predicted molar refractivity (Wildman–Crippen MR) is 80.3 cm³/mol. The van der Waals surface area contributed by atoms with Crippen LogP contribution in [-0.4, -0.2) is 54.8 Å². The third-order valence-corrected chi connectivity index (χ3v) is 3.76. The summed E-state index contributed by atoms with van der Waals surface area (Å²) in [6, 6.07) is 4.78. The molecule has 1 fully saturated rings. The van der Waals surface area contributed by atoms with Crippen LogP contribution in [-0.2, 0) is 16.0 Å². The molecule has 22 heavy (non-hydrogen) atoms. The van der Waals surface area contributed by atoms with Gasteiger partial charge in [0.05, 0.1) is 19.1 Å². The number of carboxylic acids is 1. The minimum absolute atomic E-state index is 0.0186. The highest BCUT2D eigenvalue weighted by molar-refractivity contribution is 5.91. The molecular formula is C16H21NO5. The summed E-state index contributed by atoms with van der Waals surface area (Å²) in [5, 5.41) is 9.12. The largest absolute Gasteiger partial charge is 0.493 e. The Morgan fingerprint density at radius 1 is 1.41 bits per heavy atom. The Kier molecular flexibility index (Phi) is 5.38. The Morgan fingerprint density at radius 3 is 2.77 bits per heavy atom. The molecule has 2 rings (SSSR count). The summed E-state index contributed by atoms with van der Waals surface area (Å²) < 4.78 is 10.6. The van der Waals surface area contributed by atoms with Gasteiger partial charge in [-0.25, -0.2) is 4.79 Å². The highest BCUT2D eigenvalue weighted by Crippen LogP contribution is 2.22. The minimum Gasteiger partial charge on any atom is -0.493 e. The number of ether oxygens (including phenoxy) is 2. The molecule has 0 radical (unpaired) electrons. The summed E-state index contributed by atoms with van der Waals surface area (Å²) in [6.07, 6.45) is 1.19. The van der Waals surface area contributed by atoms with Gasteiger partial charge in [-0.3, -0.25) is 4.79 Å². The molecule has 1 N–H and O–H groups in total. The smallest absolute Gasteiger partial charge is 0.339 e. The van der Waals surface area contributed by atoms with Crippen molar-refractivity contribution in [3.05, 3.63) is 29.3 Å². The van der Waals surface area contributed by atoms with Crippen LogP contribution in [0.1, 0.15) is 29.3 Å². The average Bonchev–Trinajstić information content (AvgIpc) is 2.96. The Morgan fingerprint density at radius 2 is 2.18 bits per heavy atom. The fourth-order valence-electron chi connectivity index (χ4n) is 2.56. The second-order valence-corrected chi connectivity index (χ2v) is 5.23. The van der Waals surface area contributed by atoms with Gasteiger partial charge in [-0.2, -0.15) is 0 Å². The van der Waals surface area contributed by atoms with Gasteiger partial charge in [0.2, 0.25) is 5.91 Å². The number of carboxylic acid groups (broad SMARTS) is 1. The van der Waals surface area contributed by atoms with Crippen LogP contribution >= 0.6 is 0 Å². The highest BCUT2D eigenvalue weighted by Gasteiger charge is 2.26. The number of nitrogens with zero attached hydrogens (tertiary/aromatic N) is 1. The van der Waals surface area contributed by atoms with E-state index in [1.165, 1.54) is 6.07 Å². The second-order valence-electron chi connectivity index (χ2n) is 5.23. The minimum atomic E-state index is -1.04. The van der Waals surface area contributed by atoms with E-state index >= 15 is 0 Å². The number of methoxy groups -OCH3 is 1. The van der Waals surface area contributed by atoms with Crippen molar-refractivity contribution in [2.24, 2.45) is 0 Å². The van der Waals surface area contributed by atoms with E-state index in [4.69, 9.17) is 14.6 Å². The standard InChI is InChI=1S/C16H21NO5/c1-3-22-14-8-11(4-5-13(14)16(19)20)9-15(18)17-7-6-12(10-17)21-2/h4-5,8,12H,3,6-7,9-10H2,1-2H3,(H,19,20). The third kappa shape index (κ3) is 3.76. The molecule has 1 atom stereocenters. The van der Waals surface area contributed by atoms with Crippen LogP contribution in [0, 0.1) is 0 Å². The molecule has 6 nitrogen and oxygen atoms in total. The molecule has 1 saturated heterocycles. The van der Waals surface area contributed by atoms with Crippen LogP contribution in [0.4, 0.5) is 0 Å². The number of carbonyl (C=O) groups excluding carboxylic acids is 1. The monoisotopic (exact) mass is 307 g/mol. The zero-order valence-corrected chi connectivity index (χ0v) is 12.9. The van der Waals surface area contributed by atoms with Crippen molar-refractivity contribution >= 4 is 11.9 Å². The van der Waals surface area contributed by atoms with Crippen molar-refractivity contribution < 1.29 is 24.2 Å². The summed E-state index contributed by atoms with van der Waals surface area (Å²) >= 11 is 0. The number of benzene rings is 1. The first-order valence-electron chi connectivity index (χ1n) is 7.34. The summed E-state index contributed by atoms with van der Waals surface area (Å²) in [4.78, 5) is 25.2. The van der Waals surface area contributed by atoms with Crippen molar-refractivity contribution in [2.75, 3.05) is 26.8 Å². The first kappa shape index (κ1) is 16.3. The number of rotatable bonds is 6. The van der Waals surface area contributed by atoms with Crippen LogP contribution in [0.5, 0.6) is 5.75 Å².